The molecule has 0 N–H and O–H groups in total. The topological polar surface area (TPSA) is 48.3 Å². The summed E-state index contributed by atoms with van der Waals surface area (Å²) in [5, 5.41) is 0.878. The molecule has 1 aromatic heterocycles. The number of methoxy groups -OCH3 is 1. The summed E-state index contributed by atoms with van der Waals surface area (Å²) in [5.41, 5.74) is 1.07. The SMILES string of the molecule is C=CC(C)(C)C(C(=O)OC)c1cn(C(C)=O)c2ccccc12. The first kappa shape index (κ1) is 16.0. The van der Waals surface area contributed by atoms with Crippen LogP contribution in [0.5, 0.6) is 0 Å². The van der Waals surface area contributed by atoms with Crippen molar-refractivity contribution in [2.75, 3.05) is 7.11 Å². The molecule has 4 nitrogen and oxygen atoms in total. The fourth-order valence-electron chi connectivity index (χ4n) is 2.76. The van der Waals surface area contributed by atoms with Crippen LogP contribution in [0.25, 0.3) is 10.9 Å². The Bertz CT molecular complexity index is 740. The Balaban J connectivity index is 2.77. The number of esters is 1. The van der Waals surface area contributed by atoms with Crippen molar-refractivity contribution in [3.63, 3.8) is 0 Å². The first-order valence-electron chi connectivity index (χ1n) is 7.16. The number of hydrogen-bond donors (Lipinski definition) is 0. The third-order valence-corrected chi connectivity index (χ3v) is 4.10. The van der Waals surface area contributed by atoms with Crippen LogP contribution in [-0.4, -0.2) is 23.6 Å². The smallest absolute Gasteiger partial charge is 0.314 e. The van der Waals surface area contributed by atoms with Gasteiger partial charge in [-0.05, 0) is 17.0 Å². The standard InChI is InChI=1S/C18H21NO3/c1-6-18(3,4)16(17(21)22-5)14-11-19(12(2)20)15-10-8-7-9-13(14)15/h6-11,16H,1H2,2-5H3. The van der Waals surface area contributed by atoms with E-state index in [2.05, 4.69) is 6.58 Å². The van der Waals surface area contributed by atoms with Gasteiger partial charge in [-0.15, -0.1) is 6.58 Å². The van der Waals surface area contributed by atoms with Crippen molar-refractivity contribution in [1.29, 1.82) is 0 Å². The second-order valence-electron chi connectivity index (χ2n) is 5.97. The molecule has 2 aromatic rings. The van der Waals surface area contributed by atoms with Crippen LogP contribution < -0.4 is 0 Å². The molecule has 0 spiro atoms. The lowest BCUT2D eigenvalue weighted by molar-refractivity contribution is -0.144. The maximum absolute atomic E-state index is 12.4. The Hall–Kier alpha value is -2.36. The van der Waals surface area contributed by atoms with Crippen LogP contribution in [0, 0.1) is 5.41 Å². The highest BCUT2D eigenvalue weighted by Gasteiger charge is 2.37. The third-order valence-electron chi connectivity index (χ3n) is 4.10. The number of nitrogens with zero attached hydrogens (tertiary/aromatic N) is 1. The number of fused-ring (bicyclic) bond motifs is 1. The molecule has 1 atom stereocenters. The van der Waals surface area contributed by atoms with Crippen molar-refractivity contribution >= 4 is 22.8 Å². The molecular formula is C18H21NO3. The first-order valence-corrected chi connectivity index (χ1v) is 7.16. The first-order chi connectivity index (χ1) is 10.3. The van der Waals surface area contributed by atoms with Gasteiger partial charge >= 0.3 is 5.97 Å². The van der Waals surface area contributed by atoms with E-state index in [4.69, 9.17) is 4.74 Å². The maximum atomic E-state index is 12.4. The van der Waals surface area contributed by atoms with E-state index in [-0.39, 0.29) is 11.9 Å². The molecular weight excluding hydrogens is 278 g/mol. The minimum atomic E-state index is -0.527. The van der Waals surface area contributed by atoms with Crippen LogP contribution in [0.15, 0.2) is 43.1 Å². The van der Waals surface area contributed by atoms with Crippen LogP contribution >= 0.6 is 0 Å². The zero-order valence-corrected chi connectivity index (χ0v) is 13.4. The second-order valence-corrected chi connectivity index (χ2v) is 5.97. The largest absolute Gasteiger partial charge is 0.469 e. The van der Waals surface area contributed by atoms with Crippen LogP contribution in [0.2, 0.25) is 0 Å². The summed E-state index contributed by atoms with van der Waals surface area (Å²) in [6, 6.07) is 7.55. The molecule has 2 rings (SSSR count). The lowest BCUT2D eigenvalue weighted by Crippen LogP contribution is -2.28. The summed E-state index contributed by atoms with van der Waals surface area (Å²) < 4.78 is 6.56. The second kappa shape index (κ2) is 5.79. The third kappa shape index (κ3) is 2.56. The van der Waals surface area contributed by atoms with Gasteiger partial charge in [0.05, 0.1) is 18.5 Å². The number of para-hydroxylation sites is 1. The minimum Gasteiger partial charge on any atom is -0.469 e. The molecule has 0 radical (unpaired) electrons. The molecule has 0 saturated carbocycles. The molecule has 0 aliphatic rings. The molecule has 1 unspecified atom stereocenters. The van der Waals surface area contributed by atoms with E-state index in [1.54, 1.807) is 16.8 Å². The molecule has 0 amide bonds. The van der Waals surface area contributed by atoms with Gasteiger partial charge in [-0.2, -0.15) is 0 Å². The summed E-state index contributed by atoms with van der Waals surface area (Å²) in [4.78, 5) is 24.3. The van der Waals surface area contributed by atoms with Gasteiger partial charge in [0, 0.05) is 18.5 Å². The van der Waals surface area contributed by atoms with Crippen LogP contribution in [-0.2, 0) is 9.53 Å². The number of benzene rings is 1. The van der Waals surface area contributed by atoms with Gasteiger partial charge in [0.1, 0.15) is 0 Å². The molecule has 0 aliphatic carbocycles. The summed E-state index contributed by atoms with van der Waals surface area (Å²) in [6.07, 6.45) is 3.48. The lowest BCUT2D eigenvalue weighted by atomic mass is 9.75. The average molecular weight is 299 g/mol. The summed E-state index contributed by atoms with van der Waals surface area (Å²) in [5.74, 6) is -0.959. The van der Waals surface area contributed by atoms with E-state index in [1.807, 2.05) is 38.1 Å². The van der Waals surface area contributed by atoms with Crippen molar-refractivity contribution in [3.8, 4) is 0 Å². The van der Waals surface area contributed by atoms with Crippen LogP contribution in [0.3, 0.4) is 0 Å². The summed E-state index contributed by atoms with van der Waals surface area (Å²) in [7, 11) is 1.37. The fourth-order valence-corrected chi connectivity index (χ4v) is 2.76. The Labute approximate surface area is 130 Å². The number of carbonyl (C=O) groups excluding carboxylic acids is 2. The molecule has 0 saturated heterocycles. The van der Waals surface area contributed by atoms with Gasteiger partial charge in [0.15, 0.2) is 0 Å². The van der Waals surface area contributed by atoms with Crippen molar-refractivity contribution < 1.29 is 14.3 Å². The number of hydrogen-bond acceptors (Lipinski definition) is 3. The molecule has 1 aromatic carbocycles. The van der Waals surface area contributed by atoms with E-state index in [0.29, 0.717) is 0 Å². The van der Waals surface area contributed by atoms with Crippen molar-refractivity contribution in [1.82, 2.24) is 4.57 Å². The van der Waals surface area contributed by atoms with Crippen molar-refractivity contribution in [2.45, 2.75) is 26.7 Å². The number of aromatic nitrogens is 1. The van der Waals surface area contributed by atoms with Crippen LogP contribution in [0.4, 0.5) is 0 Å². The zero-order chi connectivity index (χ0) is 16.5. The van der Waals surface area contributed by atoms with Gasteiger partial charge in [-0.25, -0.2) is 0 Å². The zero-order valence-electron chi connectivity index (χ0n) is 13.4. The molecule has 116 valence electrons. The quantitative estimate of drug-likeness (QED) is 0.638. The predicted molar refractivity (Wildman–Crippen MR) is 87.0 cm³/mol. The average Bonchev–Trinajstić information content (AvgIpc) is 2.87. The Kier molecular flexibility index (Phi) is 4.22. The van der Waals surface area contributed by atoms with Gasteiger partial charge in [0.2, 0.25) is 5.91 Å². The molecule has 1 heterocycles. The van der Waals surface area contributed by atoms with Gasteiger partial charge in [-0.3, -0.25) is 14.2 Å². The highest BCUT2D eigenvalue weighted by Crippen LogP contribution is 2.41. The number of carbonyl (C=O) groups is 2. The normalized spacial score (nSPS) is 12.9. The van der Waals surface area contributed by atoms with E-state index in [9.17, 15) is 9.59 Å². The Morgan fingerprint density at radius 1 is 1.32 bits per heavy atom. The number of allylic oxidation sites excluding steroid dienone is 1. The van der Waals surface area contributed by atoms with Crippen molar-refractivity contribution in [3.05, 3.63) is 48.7 Å². The molecule has 0 aliphatic heterocycles. The highest BCUT2D eigenvalue weighted by atomic mass is 16.5. The fraction of sp³-hybridized carbons (Fsp3) is 0.333. The van der Waals surface area contributed by atoms with Crippen LogP contribution in [0.1, 0.15) is 37.0 Å². The van der Waals surface area contributed by atoms with Gasteiger partial charge < -0.3 is 4.74 Å². The van der Waals surface area contributed by atoms with Gasteiger partial charge in [0.25, 0.3) is 0 Å². The highest BCUT2D eigenvalue weighted by molar-refractivity contribution is 5.96. The number of rotatable bonds is 4. The van der Waals surface area contributed by atoms with E-state index in [0.717, 1.165) is 16.5 Å². The minimum absolute atomic E-state index is 0.0949. The summed E-state index contributed by atoms with van der Waals surface area (Å²) in [6.45, 7) is 9.20. The van der Waals surface area contributed by atoms with E-state index in [1.165, 1.54) is 14.0 Å². The molecule has 0 fully saturated rings. The monoisotopic (exact) mass is 299 g/mol. The summed E-state index contributed by atoms with van der Waals surface area (Å²) >= 11 is 0. The van der Waals surface area contributed by atoms with E-state index >= 15 is 0 Å². The molecule has 22 heavy (non-hydrogen) atoms. The lowest BCUT2D eigenvalue weighted by Gasteiger charge is -2.29. The molecule has 0 bridgehead atoms. The Morgan fingerprint density at radius 2 is 1.95 bits per heavy atom. The Morgan fingerprint density at radius 3 is 2.50 bits per heavy atom. The van der Waals surface area contributed by atoms with Crippen molar-refractivity contribution in [2.24, 2.45) is 5.41 Å². The van der Waals surface area contributed by atoms with Gasteiger partial charge in [-0.1, -0.05) is 38.1 Å². The maximum Gasteiger partial charge on any atom is 0.314 e. The number of ether oxygens (including phenoxy) is 1. The van der Waals surface area contributed by atoms with E-state index < -0.39 is 11.3 Å². The molecule has 4 heteroatoms. The predicted octanol–water partition coefficient (Wildman–Crippen LogP) is 3.77.